The summed E-state index contributed by atoms with van der Waals surface area (Å²) in [6, 6.07) is 1.95. The molecule has 0 amide bonds. The van der Waals surface area contributed by atoms with Gasteiger partial charge in [0, 0.05) is 19.1 Å². The van der Waals surface area contributed by atoms with E-state index in [2.05, 4.69) is 16.6 Å². The first-order chi connectivity index (χ1) is 8.10. The van der Waals surface area contributed by atoms with Crippen molar-refractivity contribution in [1.82, 2.24) is 4.90 Å². The monoisotopic (exact) mass is 274 g/mol. The van der Waals surface area contributed by atoms with Gasteiger partial charge in [0.1, 0.15) is 12.0 Å². The number of methoxy groups -OCH3 is 1. The minimum atomic E-state index is -0.369. The van der Waals surface area contributed by atoms with Crippen LogP contribution in [0.4, 0.5) is 0 Å². The number of furan rings is 1. The van der Waals surface area contributed by atoms with Gasteiger partial charge in [-0.25, -0.2) is 4.79 Å². The van der Waals surface area contributed by atoms with Gasteiger partial charge in [0.2, 0.25) is 0 Å². The van der Waals surface area contributed by atoms with Crippen LogP contribution in [0.15, 0.2) is 16.7 Å². The Morgan fingerprint density at radius 1 is 1.61 bits per heavy atom. The topological polar surface area (TPSA) is 68.7 Å². The van der Waals surface area contributed by atoms with Crippen LogP contribution in [-0.4, -0.2) is 37.1 Å². The van der Waals surface area contributed by atoms with E-state index in [4.69, 9.17) is 10.2 Å². The van der Waals surface area contributed by atoms with Crippen LogP contribution in [0.25, 0.3) is 0 Å². The molecule has 2 N–H and O–H groups in total. The number of esters is 1. The maximum Gasteiger partial charge on any atom is 0.341 e. The summed E-state index contributed by atoms with van der Waals surface area (Å²) in [7, 11) is 1.36. The molecule has 2 heterocycles. The van der Waals surface area contributed by atoms with E-state index in [1.165, 1.54) is 13.4 Å². The second-order valence-electron chi connectivity index (χ2n) is 4.63. The van der Waals surface area contributed by atoms with Crippen LogP contribution in [0, 0.1) is 5.92 Å². The molecule has 2 atom stereocenters. The second kappa shape index (κ2) is 6.22. The molecule has 1 aromatic rings. The Kier molecular flexibility index (Phi) is 5.19. The van der Waals surface area contributed by atoms with E-state index in [9.17, 15) is 4.79 Å². The number of likely N-dealkylation sites (tertiary alicyclic amines) is 1. The lowest BCUT2D eigenvalue weighted by atomic mass is 10.1. The van der Waals surface area contributed by atoms with Crippen molar-refractivity contribution < 1.29 is 13.9 Å². The normalized spacial score (nSPS) is 23.7. The molecule has 5 nitrogen and oxygen atoms in total. The number of carbonyl (C=O) groups is 1. The summed E-state index contributed by atoms with van der Waals surface area (Å²) in [6.45, 7) is 4.67. The van der Waals surface area contributed by atoms with E-state index in [1.807, 2.05) is 0 Å². The largest absolute Gasteiger partial charge is 0.467 e. The molecule has 1 saturated heterocycles. The van der Waals surface area contributed by atoms with Gasteiger partial charge in [-0.2, -0.15) is 0 Å². The first-order valence-electron chi connectivity index (χ1n) is 5.74. The minimum Gasteiger partial charge on any atom is -0.467 e. The number of hydrogen-bond acceptors (Lipinski definition) is 5. The Morgan fingerprint density at radius 2 is 2.33 bits per heavy atom. The molecule has 0 saturated carbocycles. The molecular formula is C12H19ClN2O3. The van der Waals surface area contributed by atoms with Gasteiger partial charge in [0.25, 0.3) is 0 Å². The molecule has 2 unspecified atom stereocenters. The van der Waals surface area contributed by atoms with Crippen molar-refractivity contribution in [3.63, 3.8) is 0 Å². The number of rotatable bonds is 3. The van der Waals surface area contributed by atoms with E-state index < -0.39 is 0 Å². The maximum atomic E-state index is 11.3. The molecule has 2 rings (SSSR count). The van der Waals surface area contributed by atoms with Crippen molar-refractivity contribution in [3.05, 3.63) is 23.7 Å². The van der Waals surface area contributed by atoms with Gasteiger partial charge < -0.3 is 14.9 Å². The molecule has 0 bridgehead atoms. The molecule has 1 aliphatic rings. The maximum absolute atomic E-state index is 11.3. The lowest BCUT2D eigenvalue weighted by molar-refractivity contribution is 0.0600. The first-order valence-corrected chi connectivity index (χ1v) is 5.74. The average Bonchev–Trinajstić information content (AvgIpc) is 2.87. The number of ether oxygens (including phenoxy) is 1. The van der Waals surface area contributed by atoms with Crippen molar-refractivity contribution in [2.75, 3.05) is 20.2 Å². The summed E-state index contributed by atoms with van der Waals surface area (Å²) in [5, 5.41) is 0. The fraction of sp³-hybridized carbons (Fsp3) is 0.583. The summed E-state index contributed by atoms with van der Waals surface area (Å²) in [4.78, 5) is 13.5. The van der Waals surface area contributed by atoms with Crippen molar-refractivity contribution in [3.8, 4) is 0 Å². The number of nitrogens with zero attached hydrogens (tertiary/aromatic N) is 1. The zero-order valence-corrected chi connectivity index (χ0v) is 11.4. The van der Waals surface area contributed by atoms with Gasteiger partial charge in [-0.15, -0.1) is 12.4 Å². The molecule has 1 fully saturated rings. The van der Waals surface area contributed by atoms with Gasteiger partial charge in [-0.05, 0) is 12.0 Å². The molecule has 0 aromatic carbocycles. The molecule has 0 radical (unpaired) electrons. The highest BCUT2D eigenvalue weighted by Gasteiger charge is 2.27. The molecule has 102 valence electrons. The molecule has 18 heavy (non-hydrogen) atoms. The quantitative estimate of drug-likeness (QED) is 0.841. The van der Waals surface area contributed by atoms with Crippen LogP contribution in [-0.2, 0) is 11.3 Å². The Bertz CT molecular complexity index is 398. The lowest BCUT2D eigenvalue weighted by Crippen LogP contribution is -2.28. The zero-order valence-electron chi connectivity index (χ0n) is 10.6. The van der Waals surface area contributed by atoms with Crippen molar-refractivity contribution in [2.45, 2.75) is 19.5 Å². The first kappa shape index (κ1) is 15.0. The second-order valence-corrected chi connectivity index (χ2v) is 4.63. The third kappa shape index (κ3) is 3.25. The van der Waals surface area contributed by atoms with Crippen LogP contribution in [0.1, 0.15) is 23.0 Å². The van der Waals surface area contributed by atoms with Gasteiger partial charge >= 0.3 is 5.97 Å². The third-order valence-electron chi connectivity index (χ3n) is 3.20. The lowest BCUT2D eigenvalue weighted by Gasteiger charge is -2.12. The Balaban J connectivity index is 0.00000162. The summed E-state index contributed by atoms with van der Waals surface area (Å²) in [5.74, 6) is 0.906. The molecule has 0 aliphatic carbocycles. The van der Waals surface area contributed by atoms with Crippen LogP contribution >= 0.6 is 12.4 Å². The van der Waals surface area contributed by atoms with Gasteiger partial charge in [0.15, 0.2) is 0 Å². The summed E-state index contributed by atoms with van der Waals surface area (Å²) >= 11 is 0. The zero-order chi connectivity index (χ0) is 12.4. The van der Waals surface area contributed by atoms with Crippen molar-refractivity contribution >= 4 is 18.4 Å². The molecule has 1 aromatic heterocycles. The van der Waals surface area contributed by atoms with Crippen LogP contribution < -0.4 is 5.73 Å². The van der Waals surface area contributed by atoms with Crippen LogP contribution in [0.3, 0.4) is 0 Å². The predicted octanol–water partition coefficient (Wildman–Crippen LogP) is 1.27. The average molecular weight is 275 g/mol. The van der Waals surface area contributed by atoms with E-state index in [-0.39, 0.29) is 24.4 Å². The van der Waals surface area contributed by atoms with Crippen molar-refractivity contribution in [2.24, 2.45) is 11.7 Å². The fourth-order valence-corrected chi connectivity index (χ4v) is 2.13. The van der Waals surface area contributed by atoms with Gasteiger partial charge in [-0.3, -0.25) is 4.90 Å². The Labute approximate surface area is 113 Å². The SMILES string of the molecule is COC(=O)c1coc(CN2CC(C)C(N)C2)c1.Cl. The summed E-state index contributed by atoms with van der Waals surface area (Å²) in [6.07, 6.45) is 1.43. The number of halogens is 1. The third-order valence-corrected chi connectivity index (χ3v) is 3.20. The summed E-state index contributed by atoms with van der Waals surface area (Å²) < 4.78 is 9.96. The Hall–Kier alpha value is -1.04. The summed E-state index contributed by atoms with van der Waals surface area (Å²) in [5.41, 5.74) is 6.41. The minimum absolute atomic E-state index is 0. The molecule has 0 spiro atoms. The predicted molar refractivity (Wildman–Crippen MR) is 69.7 cm³/mol. The van der Waals surface area contributed by atoms with Gasteiger partial charge in [-0.1, -0.05) is 6.92 Å². The standard InChI is InChI=1S/C12H18N2O3.ClH/c1-8-4-14(6-11(8)13)5-10-3-9(7-17-10)12(15)16-2;/h3,7-8,11H,4-6,13H2,1-2H3;1H. The van der Waals surface area contributed by atoms with E-state index in [0.29, 0.717) is 18.0 Å². The van der Waals surface area contributed by atoms with E-state index in [0.717, 1.165) is 18.8 Å². The van der Waals surface area contributed by atoms with Gasteiger partial charge in [0.05, 0.1) is 19.2 Å². The highest BCUT2D eigenvalue weighted by molar-refractivity contribution is 5.88. The van der Waals surface area contributed by atoms with E-state index >= 15 is 0 Å². The fourth-order valence-electron chi connectivity index (χ4n) is 2.13. The molecule has 6 heteroatoms. The molecule has 1 aliphatic heterocycles. The highest BCUT2D eigenvalue weighted by Crippen LogP contribution is 2.18. The number of hydrogen-bond donors (Lipinski definition) is 1. The number of nitrogens with two attached hydrogens (primary N) is 1. The number of carbonyl (C=O) groups excluding carboxylic acids is 1. The van der Waals surface area contributed by atoms with E-state index in [1.54, 1.807) is 6.07 Å². The van der Waals surface area contributed by atoms with Crippen molar-refractivity contribution in [1.29, 1.82) is 0 Å². The van der Waals surface area contributed by atoms with Crippen LogP contribution in [0.2, 0.25) is 0 Å². The smallest absolute Gasteiger partial charge is 0.341 e. The van der Waals surface area contributed by atoms with Crippen LogP contribution in [0.5, 0.6) is 0 Å². The molecular weight excluding hydrogens is 256 g/mol. The Morgan fingerprint density at radius 3 is 2.89 bits per heavy atom. The highest BCUT2D eigenvalue weighted by atomic mass is 35.5.